The predicted octanol–water partition coefficient (Wildman–Crippen LogP) is 2.37. The summed E-state index contributed by atoms with van der Waals surface area (Å²) in [6.07, 6.45) is 3.57. The third kappa shape index (κ3) is 3.13. The maximum Gasteiger partial charge on any atom is 0.123 e. The lowest BCUT2D eigenvalue weighted by Crippen LogP contribution is -2.36. The van der Waals surface area contributed by atoms with Gasteiger partial charge in [0.15, 0.2) is 0 Å². The Labute approximate surface area is 119 Å². The molecule has 1 fully saturated rings. The first kappa shape index (κ1) is 13.8. The minimum absolute atomic E-state index is 0.106. The van der Waals surface area contributed by atoms with Gasteiger partial charge in [-0.2, -0.15) is 0 Å². The van der Waals surface area contributed by atoms with Crippen molar-refractivity contribution >= 4 is 0 Å². The molecule has 1 N–H and O–H groups in total. The molecule has 2 unspecified atom stereocenters. The van der Waals surface area contributed by atoms with Crippen LogP contribution in [-0.4, -0.2) is 41.3 Å². The van der Waals surface area contributed by atoms with Crippen molar-refractivity contribution in [2.24, 2.45) is 0 Å². The molecule has 1 aromatic carbocycles. The van der Waals surface area contributed by atoms with E-state index < -0.39 is 5.60 Å². The van der Waals surface area contributed by atoms with Gasteiger partial charge in [-0.3, -0.25) is 4.90 Å². The van der Waals surface area contributed by atoms with Crippen molar-refractivity contribution in [1.82, 2.24) is 4.90 Å². The summed E-state index contributed by atoms with van der Waals surface area (Å²) in [6, 6.07) is 4.74. The molecule has 0 spiro atoms. The smallest absolute Gasteiger partial charge is 0.123 e. The molecule has 1 saturated heterocycles. The number of rotatable bonds is 2. The first-order chi connectivity index (χ1) is 9.52. The maximum absolute atomic E-state index is 13.2. The van der Waals surface area contributed by atoms with Crippen molar-refractivity contribution in [1.29, 1.82) is 0 Å². The molecule has 20 heavy (non-hydrogen) atoms. The van der Waals surface area contributed by atoms with Gasteiger partial charge in [-0.15, -0.1) is 0 Å². The molecule has 4 heteroatoms. The summed E-state index contributed by atoms with van der Waals surface area (Å²) < 4.78 is 19.1. The van der Waals surface area contributed by atoms with Gasteiger partial charge in [0, 0.05) is 25.1 Å². The summed E-state index contributed by atoms with van der Waals surface area (Å²) in [5.74, 6) is 0.622. The van der Waals surface area contributed by atoms with Gasteiger partial charge in [0.2, 0.25) is 0 Å². The van der Waals surface area contributed by atoms with Crippen molar-refractivity contribution < 1.29 is 14.2 Å². The highest BCUT2D eigenvalue weighted by Gasteiger charge is 2.29. The second-order valence-electron chi connectivity index (χ2n) is 6.35. The highest BCUT2D eigenvalue weighted by molar-refractivity contribution is 5.37. The minimum atomic E-state index is -0.530. The Hall–Kier alpha value is -1.13. The molecule has 0 radical (unpaired) electrons. The van der Waals surface area contributed by atoms with Crippen LogP contribution >= 0.6 is 0 Å². The van der Waals surface area contributed by atoms with Gasteiger partial charge in [-0.05, 0) is 50.9 Å². The van der Waals surface area contributed by atoms with Crippen molar-refractivity contribution in [2.75, 3.05) is 19.6 Å². The molecule has 0 bridgehead atoms. The predicted molar refractivity (Wildman–Crippen MR) is 75.4 cm³/mol. The zero-order valence-electron chi connectivity index (χ0n) is 11.9. The number of hydrogen-bond acceptors (Lipinski definition) is 3. The average molecular weight is 279 g/mol. The van der Waals surface area contributed by atoms with Gasteiger partial charge >= 0.3 is 0 Å². The first-order valence-electron chi connectivity index (χ1n) is 7.42. The Morgan fingerprint density at radius 2 is 2.25 bits per heavy atom. The molecule has 2 aliphatic rings. The molecule has 2 atom stereocenters. The van der Waals surface area contributed by atoms with Crippen LogP contribution in [0.4, 0.5) is 4.39 Å². The molecule has 0 aliphatic carbocycles. The Bertz CT molecular complexity index is 489. The molecular formula is C16H22FNO2. The van der Waals surface area contributed by atoms with E-state index >= 15 is 0 Å². The maximum atomic E-state index is 13.2. The standard InChI is InChI=1S/C16H22FNO2/c1-16(19)5-2-7-18(8-6-16)11-14-10-12-9-13(17)3-4-15(12)20-14/h3-4,9,14,19H,2,5-8,10-11H2,1H3. The quantitative estimate of drug-likeness (QED) is 0.902. The number of halogens is 1. The minimum Gasteiger partial charge on any atom is -0.488 e. The van der Waals surface area contributed by atoms with E-state index in [0.717, 1.165) is 56.6 Å². The summed E-state index contributed by atoms with van der Waals surface area (Å²) in [6.45, 7) is 4.67. The van der Waals surface area contributed by atoms with E-state index in [1.807, 2.05) is 6.92 Å². The average Bonchev–Trinajstić information content (AvgIpc) is 2.68. The number of nitrogens with zero attached hydrogens (tertiary/aromatic N) is 1. The Balaban J connectivity index is 1.58. The van der Waals surface area contributed by atoms with Crippen LogP contribution in [0.15, 0.2) is 18.2 Å². The fourth-order valence-electron chi connectivity index (χ4n) is 3.18. The fraction of sp³-hybridized carbons (Fsp3) is 0.625. The van der Waals surface area contributed by atoms with Crippen LogP contribution < -0.4 is 4.74 Å². The largest absolute Gasteiger partial charge is 0.488 e. The molecule has 110 valence electrons. The van der Waals surface area contributed by atoms with Crippen LogP contribution in [0, 0.1) is 5.82 Å². The summed E-state index contributed by atoms with van der Waals surface area (Å²) in [7, 11) is 0. The van der Waals surface area contributed by atoms with Crippen LogP contribution in [0.3, 0.4) is 0 Å². The van der Waals surface area contributed by atoms with E-state index in [4.69, 9.17) is 4.74 Å². The Kier molecular flexibility index (Phi) is 3.69. The monoisotopic (exact) mass is 279 g/mol. The van der Waals surface area contributed by atoms with E-state index in [-0.39, 0.29) is 11.9 Å². The number of likely N-dealkylation sites (tertiary alicyclic amines) is 1. The van der Waals surface area contributed by atoms with E-state index in [1.54, 1.807) is 12.1 Å². The topological polar surface area (TPSA) is 32.7 Å². The SMILES string of the molecule is CC1(O)CCCN(CC2Cc3cc(F)ccc3O2)CC1. The fourth-order valence-corrected chi connectivity index (χ4v) is 3.18. The zero-order valence-corrected chi connectivity index (χ0v) is 11.9. The van der Waals surface area contributed by atoms with Crippen LogP contribution in [0.2, 0.25) is 0 Å². The van der Waals surface area contributed by atoms with E-state index in [9.17, 15) is 9.50 Å². The number of hydrogen-bond donors (Lipinski definition) is 1. The summed E-state index contributed by atoms with van der Waals surface area (Å²) in [5.41, 5.74) is 0.439. The molecule has 3 nitrogen and oxygen atoms in total. The molecule has 2 aliphatic heterocycles. The van der Waals surface area contributed by atoms with E-state index in [0.29, 0.717) is 0 Å². The van der Waals surface area contributed by atoms with Gasteiger partial charge in [0.1, 0.15) is 17.7 Å². The summed E-state index contributed by atoms with van der Waals surface area (Å²) in [5, 5.41) is 10.1. The second kappa shape index (κ2) is 5.34. The van der Waals surface area contributed by atoms with Crippen molar-refractivity contribution in [2.45, 2.75) is 44.3 Å². The lowest BCUT2D eigenvalue weighted by molar-refractivity contribution is 0.0432. The van der Waals surface area contributed by atoms with Crippen LogP contribution in [0.1, 0.15) is 31.7 Å². The normalized spacial score (nSPS) is 30.6. The number of fused-ring (bicyclic) bond motifs is 1. The number of benzene rings is 1. The van der Waals surface area contributed by atoms with Crippen LogP contribution in [0.25, 0.3) is 0 Å². The van der Waals surface area contributed by atoms with Crippen LogP contribution in [0.5, 0.6) is 5.75 Å². The molecule has 0 saturated carbocycles. The van der Waals surface area contributed by atoms with Gasteiger partial charge in [0.05, 0.1) is 5.60 Å². The van der Waals surface area contributed by atoms with E-state index in [1.165, 1.54) is 6.07 Å². The lowest BCUT2D eigenvalue weighted by atomic mass is 9.98. The lowest BCUT2D eigenvalue weighted by Gasteiger charge is -2.24. The van der Waals surface area contributed by atoms with Gasteiger partial charge in [-0.1, -0.05) is 0 Å². The molecule has 0 amide bonds. The van der Waals surface area contributed by atoms with Crippen molar-refractivity contribution in [3.63, 3.8) is 0 Å². The highest BCUT2D eigenvalue weighted by atomic mass is 19.1. The Morgan fingerprint density at radius 3 is 3.10 bits per heavy atom. The molecule has 1 aromatic rings. The third-order valence-electron chi connectivity index (χ3n) is 4.38. The van der Waals surface area contributed by atoms with Gasteiger partial charge < -0.3 is 9.84 Å². The molecule has 3 rings (SSSR count). The van der Waals surface area contributed by atoms with Crippen molar-refractivity contribution in [3.8, 4) is 5.75 Å². The molecule has 2 heterocycles. The van der Waals surface area contributed by atoms with Gasteiger partial charge in [0.25, 0.3) is 0 Å². The zero-order chi connectivity index (χ0) is 14.2. The number of aliphatic hydroxyl groups is 1. The third-order valence-corrected chi connectivity index (χ3v) is 4.38. The Morgan fingerprint density at radius 1 is 1.40 bits per heavy atom. The van der Waals surface area contributed by atoms with Crippen LogP contribution in [-0.2, 0) is 6.42 Å². The summed E-state index contributed by atoms with van der Waals surface area (Å²) >= 11 is 0. The van der Waals surface area contributed by atoms with E-state index in [2.05, 4.69) is 4.90 Å². The first-order valence-corrected chi connectivity index (χ1v) is 7.42. The summed E-state index contributed by atoms with van der Waals surface area (Å²) in [4.78, 5) is 2.36. The second-order valence-corrected chi connectivity index (χ2v) is 6.35. The molecular weight excluding hydrogens is 257 g/mol. The molecule has 0 aromatic heterocycles. The number of ether oxygens (including phenoxy) is 1. The van der Waals surface area contributed by atoms with Gasteiger partial charge in [-0.25, -0.2) is 4.39 Å². The highest BCUT2D eigenvalue weighted by Crippen LogP contribution is 2.30. The van der Waals surface area contributed by atoms with Crippen molar-refractivity contribution in [3.05, 3.63) is 29.6 Å².